The Morgan fingerprint density at radius 2 is 1.17 bits per heavy atom. The molecule has 1 nitrogen and oxygen atoms in total. The maximum Gasteiger partial charge on any atom is 0.118 e. The van der Waals surface area contributed by atoms with Crippen LogP contribution in [-0.2, 0) is 0 Å². The molecule has 0 unspecified atom stereocenters. The predicted octanol–water partition coefficient (Wildman–Crippen LogP) is 4.76. The van der Waals surface area contributed by atoms with Gasteiger partial charge in [0, 0.05) is 0 Å². The molecule has 2 rings (SSSR count). The van der Waals surface area contributed by atoms with E-state index in [1.807, 2.05) is 0 Å². The van der Waals surface area contributed by atoms with E-state index in [-0.39, 0.29) is 0 Å². The average molecular weight is 343 g/mol. The minimum Gasteiger partial charge on any atom is -0.497 e. The number of ether oxygens (including phenoxy) is 1. The van der Waals surface area contributed by atoms with E-state index >= 15 is 0 Å². The van der Waals surface area contributed by atoms with Crippen molar-refractivity contribution in [2.75, 3.05) is 7.11 Å². The lowest BCUT2D eigenvalue weighted by Gasteiger charge is -2.27. The predicted molar refractivity (Wildman–Crippen MR) is 109 cm³/mol. The molecule has 0 bridgehead atoms. The van der Waals surface area contributed by atoms with E-state index in [9.17, 15) is 0 Å². The van der Waals surface area contributed by atoms with Crippen molar-refractivity contribution in [1.29, 1.82) is 0 Å². The van der Waals surface area contributed by atoms with Crippen molar-refractivity contribution >= 4 is 26.5 Å². The molecule has 0 saturated heterocycles. The highest BCUT2D eigenvalue weighted by molar-refractivity contribution is 6.91. The van der Waals surface area contributed by atoms with Gasteiger partial charge < -0.3 is 4.74 Å². The molecule has 0 fully saturated rings. The van der Waals surface area contributed by atoms with Gasteiger partial charge in [-0.1, -0.05) is 74.3 Å². The Morgan fingerprint density at radius 1 is 0.696 bits per heavy atom. The molecule has 0 aliphatic carbocycles. The van der Waals surface area contributed by atoms with Crippen molar-refractivity contribution in [3.8, 4) is 16.9 Å². The quantitative estimate of drug-likeness (QED) is 0.728. The second kappa shape index (κ2) is 6.29. The van der Waals surface area contributed by atoms with Crippen LogP contribution < -0.4 is 15.1 Å². The van der Waals surface area contributed by atoms with Gasteiger partial charge in [-0.2, -0.15) is 0 Å². The fraction of sp³-hybridized carbons (Fsp3) is 0.400. The van der Waals surface area contributed by atoms with Crippen LogP contribution in [0.1, 0.15) is 5.56 Å². The summed E-state index contributed by atoms with van der Waals surface area (Å²) in [5.74, 6) is 0.966. The zero-order valence-electron chi connectivity index (χ0n) is 15.9. The van der Waals surface area contributed by atoms with Gasteiger partial charge in [0.15, 0.2) is 0 Å². The molecule has 2 aromatic carbocycles. The summed E-state index contributed by atoms with van der Waals surface area (Å²) in [5, 5.41) is 3.04. The van der Waals surface area contributed by atoms with Crippen LogP contribution in [0.2, 0.25) is 39.3 Å². The summed E-state index contributed by atoms with van der Waals surface area (Å²) in [7, 11) is -1.13. The first-order valence-electron chi connectivity index (χ1n) is 8.34. The smallest absolute Gasteiger partial charge is 0.118 e. The van der Waals surface area contributed by atoms with Crippen LogP contribution in [0.4, 0.5) is 0 Å². The van der Waals surface area contributed by atoms with Crippen molar-refractivity contribution in [1.82, 2.24) is 0 Å². The van der Waals surface area contributed by atoms with E-state index in [1.54, 1.807) is 12.3 Å². The van der Waals surface area contributed by atoms with Crippen LogP contribution in [0.5, 0.6) is 5.75 Å². The standard InChI is InChI=1S/C20H30OSi2/c1-15-9-11-17(19(13-15)22(3,4)5)18-12-10-16(21-2)14-20(18)23(6,7)8/h9-14H,1-8H3. The molecule has 0 saturated carbocycles. The molecule has 0 aliphatic rings. The first kappa shape index (κ1) is 18.0. The van der Waals surface area contributed by atoms with Crippen molar-refractivity contribution in [3.63, 3.8) is 0 Å². The summed E-state index contributed by atoms with van der Waals surface area (Å²) in [6.07, 6.45) is 0. The summed E-state index contributed by atoms with van der Waals surface area (Å²) in [5.41, 5.74) is 4.19. The van der Waals surface area contributed by atoms with E-state index in [0.717, 1.165) is 5.75 Å². The molecule has 124 valence electrons. The third kappa shape index (κ3) is 3.96. The maximum absolute atomic E-state index is 5.49. The number of hydrogen-bond donors (Lipinski definition) is 0. The Kier molecular flexibility index (Phi) is 4.93. The Bertz CT molecular complexity index is 707. The zero-order valence-corrected chi connectivity index (χ0v) is 17.9. The SMILES string of the molecule is COc1ccc(-c2ccc(C)cc2[Si](C)(C)C)c([Si](C)(C)C)c1. The highest BCUT2D eigenvalue weighted by Gasteiger charge is 2.26. The molecule has 0 aromatic heterocycles. The van der Waals surface area contributed by atoms with Crippen LogP contribution in [0.15, 0.2) is 36.4 Å². The Labute approximate surface area is 143 Å². The fourth-order valence-corrected chi connectivity index (χ4v) is 6.31. The van der Waals surface area contributed by atoms with E-state index in [2.05, 4.69) is 82.6 Å². The van der Waals surface area contributed by atoms with Crippen LogP contribution in [0, 0.1) is 6.92 Å². The molecule has 0 amide bonds. The number of rotatable bonds is 4. The van der Waals surface area contributed by atoms with Crippen molar-refractivity contribution in [2.24, 2.45) is 0 Å². The fourth-order valence-electron chi connectivity index (χ4n) is 3.02. The monoisotopic (exact) mass is 342 g/mol. The first-order chi connectivity index (χ1) is 10.5. The lowest BCUT2D eigenvalue weighted by atomic mass is 10.0. The molecule has 2 aromatic rings. The Hall–Kier alpha value is -1.33. The van der Waals surface area contributed by atoms with Gasteiger partial charge >= 0.3 is 0 Å². The summed E-state index contributed by atoms with van der Waals surface area (Å²) < 4.78 is 5.49. The molecule has 0 atom stereocenters. The third-order valence-corrected chi connectivity index (χ3v) is 8.37. The normalized spacial score (nSPS) is 12.3. The lowest BCUT2D eigenvalue weighted by Crippen LogP contribution is -2.43. The van der Waals surface area contributed by atoms with E-state index < -0.39 is 16.1 Å². The molecule has 0 spiro atoms. The second-order valence-corrected chi connectivity index (χ2v) is 18.5. The largest absolute Gasteiger partial charge is 0.497 e. The molecule has 0 aliphatic heterocycles. The van der Waals surface area contributed by atoms with Gasteiger partial charge in [0.2, 0.25) is 0 Å². The minimum atomic E-state index is -1.47. The maximum atomic E-state index is 5.49. The highest BCUT2D eigenvalue weighted by atomic mass is 28.3. The number of aryl methyl sites for hydroxylation is 1. The summed E-state index contributed by atoms with van der Waals surface area (Å²) in [4.78, 5) is 0. The van der Waals surface area contributed by atoms with E-state index in [0.29, 0.717) is 0 Å². The molecule has 3 heteroatoms. The molecule has 0 N–H and O–H groups in total. The van der Waals surface area contributed by atoms with Crippen molar-refractivity contribution in [2.45, 2.75) is 46.2 Å². The van der Waals surface area contributed by atoms with Crippen molar-refractivity contribution < 1.29 is 4.74 Å². The molecular weight excluding hydrogens is 312 g/mol. The van der Waals surface area contributed by atoms with Gasteiger partial charge in [0.1, 0.15) is 5.75 Å². The number of hydrogen-bond acceptors (Lipinski definition) is 1. The third-order valence-electron chi connectivity index (χ3n) is 4.31. The minimum absolute atomic E-state index is 0.966. The van der Waals surface area contributed by atoms with Crippen LogP contribution in [0.25, 0.3) is 11.1 Å². The van der Waals surface area contributed by atoms with Gasteiger partial charge in [-0.15, -0.1) is 0 Å². The van der Waals surface area contributed by atoms with Gasteiger partial charge in [-0.05, 0) is 35.4 Å². The number of benzene rings is 2. The van der Waals surface area contributed by atoms with Crippen molar-refractivity contribution in [3.05, 3.63) is 42.0 Å². The average Bonchev–Trinajstić information content (AvgIpc) is 2.45. The summed E-state index contributed by atoms with van der Waals surface area (Å²) in [6, 6.07) is 13.6. The van der Waals surface area contributed by atoms with Crippen LogP contribution in [-0.4, -0.2) is 23.3 Å². The van der Waals surface area contributed by atoms with Crippen LogP contribution >= 0.6 is 0 Å². The topological polar surface area (TPSA) is 9.23 Å². The molecule has 23 heavy (non-hydrogen) atoms. The molecule has 0 radical (unpaired) electrons. The van der Waals surface area contributed by atoms with E-state index in [4.69, 9.17) is 4.74 Å². The number of methoxy groups -OCH3 is 1. The van der Waals surface area contributed by atoms with Gasteiger partial charge in [0.05, 0.1) is 23.3 Å². The van der Waals surface area contributed by atoms with Gasteiger partial charge in [-0.3, -0.25) is 0 Å². The molecular formula is C20H30OSi2. The zero-order chi connectivity index (χ0) is 17.4. The first-order valence-corrected chi connectivity index (χ1v) is 15.3. The van der Waals surface area contributed by atoms with Gasteiger partial charge in [0.25, 0.3) is 0 Å². The Morgan fingerprint density at radius 3 is 1.65 bits per heavy atom. The second-order valence-electron chi connectivity index (χ2n) is 8.46. The van der Waals surface area contributed by atoms with E-state index in [1.165, 1.54) is 21.9 Å². The van der Waals surface area contributed by atoms with Gasteiger partial charge in [-0.25, -0.2) is 0 Å². The lowest BCUT2D eigenvalue weighted by molar-refractivity contribution is 0.415. The summed E-state index contributed by atoms with van der Waals surface area (Å²) in [6.45, 7) is 16.7. The molecule has 0 heterocycles. The highest BCUT2D eigenvalue weighted by Crippen LogP contribution is 2.25. The summed E-state index contributed by atoms with van der Waals surface area (Å²) >= 11 is 0. The Balaban J connectivity index is 2.77. The van der Waals surface area contributed by atoms with Crippen LogP contribution in [0.3, 0.4) is 0 Å².